The van der Waals surface area contributed by atoms with Gasteiger partial charge in [-0.2, -0.15) is 0 Å². The number of carbonyl (C=O) groups excluding carboxylic acids is 1. The minimum absolute atomic E-state index is 0.0840. The third kappa shape index (κ3) is 4.46. The molecule has 0 bridgehead atoms. The van der Waals surface area contributed by atoms with Gasteiger partial charge in [-0.25, -0.2) is 0 Å². The highest BCUT2D eigenvalue weighted by Gasteiger charge is 2.11. The molecule has 0 aromatic heterocycles. The lowest BCUT2D eigenvalue weighted by Crippen LogP contribution is -2.28. The van der Waals surface area contributed by atoms with Crippen molar-refractivity contribution in [1.29, 1.82) is 0 Å². The zero-order chi connectivity index (χ0) is 12.0. The summed E-state index contributed by atoms with van der Waals surface area (Å²) in [4.78, 5) is 11.6. The van der Waals surface area contributed by atoms with Gasteiger partial charge in [-0.15, -0.1) is 0 Å². The molecular formula is C11H15IN2O2. The minimum Gasteiger partial charge on any atom is -0.380 e. The van der Waals surface area contributed by atoms with Gasteiger partial charge >= 0.3 is 0 Å². The summed E-state index contributed by atoms with van der Waals surface area (Å²) < 4.78 is 6.13. The van der Waals surface area contributed by atoms with Crippen molar-refractivity contribution < 1.29 is 9.53 Å². The van der Waals surface area contributed by atoms with Gasteiger partial charge < -0.3 is 15.8 Å². The van der Waals surface area contributed by atoms with E-state index in [0.29, 0.717) is 6.54 Å². The van der Waals surface area contributed by atoms with Crippen LogP contribution in [-0.2, 0) is 9.53 Å². The van der Waals surface area contributed by atoms with Gasteiger partial charge in [0.1, 0.15) is 0 Å². The van der Waals surface area contributed by atoms with Gasteiger partial charge in [0.15, 0.2) is 0 Å². The molecule has 5 heteroatoms. The van der Waals surface area contributed by atoms with Crippen LogP contribution in [0.15, 0.2) is 24.3 Å². The first-order valence-electron chi connectivity index (χ1n) is 4.94. The van der Waals surface area contributed by atoms with E-state index in [-0.39, 0.29) is 18.4 Å². The SMILES string of the molecule is COC(CN)CC(=O)Nc1cccc(I)c1. The fourth-order valence-corrected chi connectivity index (χ4v) is 1.79. The summed E-state index contributed by atoms with van der Waals surface area (Å²) in [6, 6.07) is 7.62. The monoisotopic (exact) mass is 334 g/mol. The topological polar surface area (TPSA) is 64.3 Å². The second kappa shape index (κ2) is 6.82. The smallest absolute Gasteiger partial charge is 0.227 e. The van der Waals surface area contributed by atoms with Gasteiger partial charge in [-0.1, -0.05) is 6.07 Å². The Hall–Kier alpha value is -0.660. The van der Waals surface area contributed by atoms with Crippen LogP contribution in [0.2, 0.25) is 0 Å². The van der Waals surface area contributed by atoms with Crippen molar-refractivity contribution in [2.75, 3.05) is 19.0 Å². The molecule has 88 valence electrons. The number of carbonyl (C=O) groups is 1. The Balaban J connectivity index is 2.51. The maximum atomic E-state index is 11.6. The van der Waals surface area contributed by atoms with Gasteiger partial charge in [0.2, 0.25) is 5.91 Å². The molecule has 3 N–H and O–H groups in total. The quantitative estimate of drug-likeness (QED) is 0.804. The number of benzene rings is 1. The minimum atomic E-state index is -0.220. The molecule has 0 heterocycles. The Bertz CT molecular complexity index is 354. The summed E-state index contributed by atoms with van der Waals surface area (Å²) in [5.41, 5.74) is 6.24. The molecule has 1 unspecified atom stereocenters. The average Bonchev–Trinajstić information content (AvgIpc) is 2.26. The number of amides is 1. The van der Waals surface area contributed by atoms with E-state index in [1.807, 2.05) is 24.3 Å². The Morgan fingerprint density at radius 3 is 2.94 bits per heavy atom. The first-order chi connectivity index (χ1) is 7.65. The maximum absolute atomic E-state index is 11.6. The van der Waals surface area contributed by atoms with Crippen LogP contribution in [0.1, 0.15) is 6.42 Å². The highest BCUT2D eigenvalue weighted by atomic mass is 127. The van der Waals surface area contributed by atoms with Gasteiger partial charge in [-0.05, 0) is 40.8 Å². The van der Waals surface area contributed by atoms with Gasteiger partial charge in [0, 0.05) is 22.9 Å². The van der Waals surface area contributed by atoms with Gasteiger partial charge in [0.25, 0.3) is 0 Å². The number of anilines is 1. The normalized spacial score (nSPS) is 12.2. The number of methoxy groups -OCH3 is 1. The Kier molecular flexibility index (Phi) is 5.72. The largest absolute Gasteiger partial charge is 0.380 e. The average molecular weight is 334 g/mol. The third-order valence-electron chi connectivity index (χ3n) is 2.12. The molecule has 1 rings (SSSR count). The number of hydrogen-bond donors (Lipinski definition) is 2. The Morgan fingerprint density at radius 1 is 1.62 bits per heavy atom. The molecule has 1 atom stereocenters. The van der Waals surface area contributed by atoms with Gasteiger partial charge in [-0.3, -0.25) is 4.79 Å². The van der Waals surface area contributed by atoms with E-state index in [0.717, 1.165) is 9.26 Å². The molecular weight excluding hydrogens is 319 g/mol. The fourth-order valence-electron chi connectivity index (χ4n) is 1.25. The predicted octanol–water partition coefficient (Wildman–Crippen LogP) is 1.59. The number of nitrogens with two attached hydrogens (primary N) is 1. The Labute approximate surface area is 109 Å². The van der Waals surface area contributed by atoms with E-state index in [4.69, 9.17) is 10.5 Å². The first kappa shape index (κ1) is 13.4. The predicted molar refractivity (Wildman–Crippen MR) is 72.3 cm³/mol. The summed E-state index contributed by atoms with van der Waals surface area (Å²) in [6.07, 6.45) is 0.0566. The zero-order valence-corrected chi connectivity index (χ0v) is 11.2. The molecule has 0 aliphatic heterocycles. The van der Waals surface area contributed by atoms with E-state index < -0.39 is 0 Å². The molecule has 1 aromatic rings. The van der Waals surface area contributed by atoms with Crippen molar-refractivity contribution in [3.05, 3.63) is 27.8 Å². The van der Waals surface area contributed by atoms with E-state index >= 15 is 0 Å². The summed E-state index contributed by atoms with van der Waals surface area (Å²) in [5, 5.41) is 2.80. The van der Waals surface area contributed by atoms with Crippen LogP contribution < -0.4 is 11.1 Å². The lowest BCUT2D eigenvalue weighted by Gasteiger charge is -2.12. The number of ether oxygens (including phenoxy) is 1. The highest BCUT2D eigenvalue weighted by molar-refractivity contribution is 14.1. The lowest BCUT2D eigenvalue weighted by atomic mass is 10.2. The first-order valence-corrected chi connectivity index (χ1v) is 6.02. The van der Waals surface area contributed by atoms with Crippen LogP contribution >= 0.6 is 22.6 Å². The molecule has 16 heavy (non-hydrogen) atoms. The molecule has 1 amide bonds. The Morgan fingerprint density at radius 2 is 2.38 bits per heavy atom. The van der Waals surface area contributed by atoms with Crippen molar-refractivity contribution in [3.63, 3.8) is 0 Å². The number of hydrogen-bond acceptors (Lipinski definition) is 3. The fraction of sp³-hybridized carbons (Fsp3) is 0.364. The summed E-state index contributed by atoms with van der Waals surface area (Å²) >= 11 is 2.20. The number of nitrogens with one attached hydrogen (secondary N) is 1. The van der Waals surface area contributed by atoms with Crippen LogP contribution in [0.25, 0.3) is 0 Å². The molecule has 4 nitrogen and oxygen atoms in total. The molecule has 1 aromatic carbocycles. The molecule has 0 spiro atoms. The summed E-state index contributed by atoms with van der Waals surface area (Å²) in [5.74, 6) is -0.0840. The van der Waals surface area contributed by atoms with Crippen LogP contribution in [0, 0.1) is 3.57 Å². The molecule has 0 radical (unpaired) electrons. The number of rotatable bonds is 5. The molecule has 0 saturated carbocycles. The standard InChI is InChI=1S/C11H15IN2O2/c1-16-10(7-13)6-11(15)14-9-4-2-3-8(12)5-9/h2-5,10H,6-7,13H2,1H3,(H,14,15). The van der Waals surface area contributed by atoms with Crippen molar-refractivity contribution in [2.24, 2.45) is 5.73 Å². The molecule has 0 aliphatic rings. The second-order valence-electron chi connectivity index (χ2n) is 3.36. The summed E-state index contributed by atoms with van der Waals surface area (Å²) in [6.45, 7) is 0.343. The van der Waals surface area contributed by atoms with Crippen LogP contribution in [0.5, 0.6) is 0 Å². The molecule has 0 aliphatic carbocycles. The lowest BCUT2D eigenvalue weighted by molar-refractivity contribution is -0.118. The third-order valence-corrected chi connectivity index (χ3v) is 2.79. The molecule has 0 saturated heterocycles. The molecule has 0 fully saturated rings. The van der Waals surface area contributed by atoms with Crippen LogP contribution in [0.4, 0.5) is 5.69 Å². The maximum Gasteiger partial charge on any atom is 0.227 e. The summed E-state index contributed by atoms with van der Waals surface area (Å²) in [7, 11) is 1.55. The van der Waals surface area contributed by atoms with Gasteiger partial charge in [0.05, 0.1) is 12.5 Å². The van der Waals surface area contributed by atoms with Crippen molar-refractivity contribution in [2.45, 2.75) is 12.5 Å². The second-order valence-corrected chi connectivity index (χ2v) is 4.60. The van der Waals surface area contributed by atoms with Crippen molar-refractivity contribution >= 4 is 34.2 Å². The van der Waals surface area contributed by atoms with Crippen molar-refractivity contribution in [3.8, 4) is 0 Å². The van der Waals surface area contributed by atoms with E-state index in [1.165, 1.54) is 0 Å². The van der Waals surface area contributed by atoms with E-state index in [9.17, 15) is 4.79 Å². The number of halogens is 1. The highest BCUT2D eigenvalue weighted by Crippen LogP contribution is 2.12. The van der Waals surface area contributed by atoms with E-state index in [1.54, 1.807) is 7.11 Å². The van der Waals surface area contributed by atoms with Crippen LogP contribution in [0.3, 0.4) is 0 Å². The van der Waals surface area contributed by atoms with Crippen LogP contribution in [-0.4, -0.2) is 25.7 Å². The zero-order valence-electron chi connectivity index (χ0n) is 9.07. The van der Waals surface area contributed by atoms with Crippen molar-refractivity contribution in [1.82, 2.24) is 0 Å². The van der Waals surface area contributed by atoms with E-state index in [2.05, 4.69) is 27.9 Å².